The maximum atomic E-state index is 12.1. The molecule has 0 unspecified atom stereocenters. The maximum absolute atomic E-state index is 12.1. The van der Waals surface area contributed by atoms with Gasteiger partial charge in [0.25, 0.3) is 0 Å². The Morgan fingerprint density at radius 2 is 1.91 bits per heavy atom. The number of carbonyl (C=O) groups is 1. The van der Waals surface area contributed by atoms with E-state index in [1.807, 2.05) is 18.2 Å². The van der Waals surface area contributed by atoms with Gasteiger partial charge in [0.15, 0.2) is 5.78 Å². The number of ether oxygens (including phenoxy) is 1. The largest absolute Gasteiger partial charge is 0.507 e. The first-order valence-corrected chi connectivity index (χ1v) is 7.21. The minimum atomic E-state index is -0.231. The summed E-state index contributed by atoms with van der Waals surface area (Å²) in [6.07, 6.45) is 3.18. The van der Waals surface area contributed by atoms with E-state index in [-0.39, 0.29) is 11.5 Å². The molecule has 3 heteroatoms. The highest BCUT2D eigenvalue weighted by molar-refractivity contribution is 6.08. The van der Waals surface area contributed by atoms with Crippen molar-refractivity contribution in [3.8, 4) is 11.5 Å². The lowest BCUT2D eigenvalue weighted by Crippen LogP contribution is -1.96. The lowest BCUT2D eigenvalue weighted by Gasteiger charge is -2.12. The van der Waals surface area contributed by atoms with Crippen molar-refractivity contribution in [2.24, 2.45) is 0 Å². The van der Waals surface area contributed by atoms with E-state index >= 15 is 0 Å². The summed E-state index contributed by atoms with van der Waals surface area (Å²) in [7, 11) is 1.64. The molecule has 0 radical (unpaired) electrons. The average Bonchev–Trinajstić information content (AvgIpc) is 2.52. The smallest absolute Gasteiger partial charge is 0.189 e. The van der Waals surface area contributed by atoms with Gasteiger partial charge in [0.1, 0.15) is 11.5 Å². The van der Waals surface area contributed by atoms with E-state index in [4.69, 9.17) is 4.74 Å². The molecule has 0 amide bonds. The summed E-state index contributed by atoms with van der Waals surface area (Å²) in [5, 5.41) is 9.68. The number of methoxy groups -OCH3 is 1. The highest BCUT2D eigenvalue weighted by Gasteiger charge is 2.09. The molecule has 0 spiro atoms. The summed E-state index contributed by atoms with van der Waals surface area (Å²) < 4.78 is 5.40. The number of carbonyl (C=O) groups excluding carboxylic acids is 1. The molecule has 0 fully saturated rings. The topological polar surface area (TPSA) is 46.5 Å². The average molecular weight is 296 g/mol. The molecule has 2 aromatic carbocycles. The quantitative estimate of drug-likeness (QED) is 0.656. The number of rotatable bonds is 5. The number of benzene rings is 2. The molecule has 2 rings (SSSR count). The Hall–Kier alpha value is -2.55. The van der Waals surface area contributed by atoms with Crippen LogP contribution in [0, 0.1) is 0 Å². The van der Waals surface area contributed by atoms with Gasteiger partial charge in [-0.2, -0.15) is 0 Å². The molecule has 0 saturated carbocycles. The number of aromatic hydroxyl groups is 1. The second-order valence-corrected chi connectivity index (χ2v) is 5.37. The summed E-state index contributed by atoms with van der Waals surface area (Å²) in [4.78, 5) is 12.1. The standard InChI is InChI=1S/C19H20O3/c1-13(2)15-10-8-14(12-19(15)22-3)9-11-18(21)16-6-4-5-7-17(16)20/h4-13,20H,1-3H3/b11-9+. The summed E-state index contributed by atoms with van der Waals surface area (Å²) in [6.45, 7) is 4.21. The van der Waals surface area contributed by atoms with Crippen molar-refractivity contribution in [3.05, 3.63) is 65.2 Å². The van der Waals surface area contributed by atoms with Crippen LogP contribution in [0.3, 0.4) is 0 Å². The monoisotopic (exact) mass is 296 g/mol. The predicted octanol–water partition coefficient (Wildman–Crippen LogP) is 4.42. The minimum absolute atomic E-state index is 0.00936. The van der Waals surface area contributed by atoms with E-state index in [9.17, 15) is 9.90 Å². The van der Waals surface area contributed by atoms with E-state index in [0.717, 1.165) is 16.9 Å². The number of phenolic OH excluding ortho intramolecular Hbond substituents is 1. The molecule has 0 aliphatic heterocycles. The van der Waals surface area contributed by atoms with Crippen LogP contribution in [0.15, 0.2) is 48.5 Å². The van der Waals surface area contributed by atoms with Gasteiger partial charge >= 0.3 is 0 Å². The third-order valence-corrected chi connectivity index (χ3v) is 3.48. The normalized spacial score (nSPS) is 11.1. The Kier molecular flexibility index (Phi) is 4.99. The van der Waals surface area contributed by atoms with Gasteiger partial charge in [-0.3, -0.25) is 4.79 Å². The molecule has 22 heavy (non-hydrogen) atoms. The van der Waals surface area contributed by atoms with Crippen LogP contribution in [0.4, 0.5) is 0 Å². The summed E-state index contributed by atoms with van der Waals surface area (Å²) >= 11 is 0. The minimum Gasteiger partial charge on any atom is -0.507 e. The van der Waals surface area contributed by atoms with Crippen LogP contribution in [0.25, 0.3) is 6.08 Å². The summed E-state index contributed by atoms with van der Waals surface area (Å²) in [5.41, 5.74) is 2.31. The van der Waals surface area contributed by atoms with Crippen molar-refractivity contribution in [2.75, 3.05) is 7.11 Å². The molecular weight excluding hydrogens is 276 g/mol. The molecule has 0 bridgehead atoms. The number of hydrogen-bond donors (Lipinski definition) is 1. The van der Waals surface area contributed by atoms with Crippen LogP contribution in [-0.4, -0.2) is 18.0 Å². The van der Waals surface area contributed by atoms with E-state index in [1.165, 1.54) is 12.1 Å². The van der Waals surface area contributed by atoms with Gasteiger partial charge in [0.2, 0.25) is 0 Å². The van der Waals surface area contributed by atoms with Gasteiger partial charge < -0.3 is 9.84 Å². The second kappa shape index (κ2) is 6.94. The molecule has 0 heterocycles. The van der Waals surface area contributed by atoms with Crippen LogP contribution in [0.2, 0.25) is 0 Å². The van der Waals surface area contributed by atoms with Gasteiger partial charge in [-0.25, -0.2) is 0 Å². The first-order valence-electron chi connectivity index (χ1n) is 7.21. The Balaban J connectivity index is 2.23. The van der Waals surface area contributed by atoms with E-state index < -0.39 is 0 Å². The van der Waals surface area contributed by atoms with Crippen molar-refractivity contribution in [2.45, 2.75) is 19.8 Å². The molecule has 2 aromatic rings. The fourth-order valence-electron chi connectivity index (χ4n) is 2.25. The first-order chi connectivity index (χ1) is 10.5. The first kappa shape index (κ1) is 15.8. The molecule has 1 N–H and O–H groups in total. The van der Waals surface area contributed by atoms with Crippen LogP contribution < -0.4 is 4.74 Å². The van der Waals surface area contributed by atoms with Crippen molar-refractivity contribution >= 4 is 11.9 Å². The molecule has 0 saturated heterocycles. The van der Waals surface area contributed by atoms with E-state index in [1.54, 1.807) is 31.4 Å². The third-order valence-electron chi connectivity index (χ3n) is 3.48. The number of para-hydroxylation sites is 1. The van der Waals surface area contributed by atoms with Crippen molar-refractivity contribution in [1.29, 1.82) is 0 Å². The molecule has 0 aliphatic rings. The Morgan fingerprint density at radius 3 is 2.55 bits per heavy atom. The zero-order valence-corrected chi connectivity index (χ0v) is 13.0. The molecule has 114 valence electrons. The van der Waals surface area contributed by atoms with Crippen molar-refractivity contribution < 1.29 is 14.6 Å². The fourth-order valence-corrected chi connectivity index (χ4v) is 2.25. The number of hydrogen-bond acceptors (Lipinski definition) is 3. The fraction of sp³-hybridized carbons (Fsp3) is 0.211. The van der Waals surface area contributed by atoms with Crippen molar-refractivity contribution in [3.63, 3.8) is 0 Å². The Labute approximate surface area is 130 Å². The van der Waals surface area contributed by atoms with Gasteiger partial charge in [0.05, 0.1) is 12.7 Å². The maximum Gasteiger partial charge on any atom is 0.189 e. The molecular formula is C19H20O3. The van der Waals surface area contributed by atoms with Gasteiger partial charge in [-0.1, -0.05) is 44.2 Å². The number of ketones is 1. The zero-order chi connectivity index (χ0) is 16.1. The van der Waals surface area contributed by atoms with Crippen LogP contribution in [-0.2, 0) is 0 Å². The highest BCUT2D eigenvalue weighted by atomic mass is 16.5. The van der Waals surface area contributed by atoms with Crippen molar-refractivity contribution in [1.82, 2.24) is 0 Å². The lowest BCUT2D eigenvalue weighted by atomic mass is 10.00. The van der Waals surface area contributed by atoms with Gasteiger partial charge in [-0.15, -0.1) is 0 Å². The SMILES string of the molecule is COc1cc(/C=C/C(=O)c2ccccc2O)ccc1C(C)C. The summed E-state index contributed by atoms with van der Waals surface area (Å²) in [5.74, 6) is 0.943. The van der Waals surface area contributed by atoms with E-state index in [2.05, 4.69) is 13.8 Å². The van der Waals surface area contributed by atoms with Gasteiger partial charge in [-0.05, 0) is 41.3 Å². The Morgan fingerprint density at radius 1 is 1.18 bits per heavy atom. The molecule has 0 aliphatic carbocycles. The molecule has 3 nitrogen and oxygen atoms in total. The number of allylic oxidation sites excluding steroid dienone is 1. The molecule has 0 aromatic heterocycles. The van der Waals surface area contributed by atoms with Crippen LogP contribution in [0.5, 0.6) is 11.5 Å². The zero-order valence-electron chi connectivity index (χ0n) is 13.0. The lowest BCUT2D eigenvalue weighted by molar-refractivity contribution is 0.104. The third kappa shape index (κ3) is 3.55. The summed E-state index contributed by atoms with van der Waals surface area (Å²) in [6, 6.07) is 12.4. The van der Waals surface area contributed by atoms with Crippen LogP contribution >= 0.6 is 0 Å². The molecule has 0 atom stereocenters. The van der Waals surface area contributed by atoms with Gasteiger partial charge in [0, 0.05) is 0 Å². The van der Waals surface area contributed by atoms with Crippen LogP contribution in [0.1, 0.15) is 41.3 Å². The van der Waals surface area contributed by atoms with E-state index in [0.29, 0.717) is 11.5 Å². The Bertz CT molecular complexity index is 700. The number of phenols is 1. The highest BCUT2D eigenvalue weighted by Crippen LogP contribution is 2.27. The second-order valence-electron chi connectivity index (χ2n) is 5.37. The predicted molar refractivity (Wildman–Crippen MR) is 88.6 cm³/mol.